The van der Waals surface area contributed by atoms with Gasteiger partial charge in [0.25, 0.3) is 0 Å². The molecule has 2 rings (SSSR count). The molecule has 3 nitrogen and oxygen atoms in total. The fourth-order valence-corrected chi connectivity index (χ4v) is 1.84. The van der Waals surface area contributed by atoms with Gasteiger partial charge in [0.2, 0.25) is 34.8 Å². The molecule has 0 spiro atoms. The van der Waals surface area contributed by atoms with Gasteiger partial charge in [0.15, 0.2) is 5.41 Å². The van der Waals surface area contributed by atoms with Crippen LogP contribution in [0.1, 0.15) is 6.42 Å². The third-order valence-electron chi connectivity index (χ3n) is 3.23. The van der Waals surface area contributed by atoms with Gasteiger partial charge >= 0.3 is 5.97 Å². The molecule has 2 unspecified atom stereocenters. The zero-order valence-corrected chi connectivity index (χ0v) is 10.2. The largest absolute Gasteiger partial charge is 0.419 e. The third-order valence-corrected chi connectivity index (χ3v) is 3.23. The molecule has 0 amide bonds. The number of nitriles is 1. The minimum atomic E-state index is -2.37. The van der Waals surface area contributed by atoms with E-state index >= 15 is 0 Å². The van der Waals surface area contributed by atoms with Crippen LogP contribution in [0.2, 0.25) is 0 Å². The number of benzene rings is 1. The second-order valence-corrected chi connectivity index (χ2v) is 4.42. The number of halogens is 5. The molecule has 0 heterocycles. The Balaban J connectivity index is 2.40. The van der Waals surface area contributed by atoms with Gasteiger partial charge in [-0.3, -0.25) is 0 Å². The first-order valence-corrected chi connectivity index (χ1v) is 5.57. The van der Waals surface area contributed by atoms with E-state index in [0.29, 0.717) is 0 Å². The minimum absolute atomic E-state index is 0.00122. The van der Waals surface area contributed by atoms with Crippen LogP contribution in [0.4, 0.5) is 22.0 Å². The molecule has 0 radical (unpaired) electrons. The van der Waals surface area contributed by atoms with E-state index in [1.807, 2.05) is 0 Å². The molecule has 0 N–H and O–H groups in total. The van der Waals surface area contributed by atoms with Crippen molar-refractivity contribution < 1.29 is 31.5 Å². The molecule has 21 heavy (non-hydrogen) atoms. The molecule has 0 bridgehead atoms. The summed E-state index contributed by atoms with van der Waals surface area (Å²) < 4.78 is 69.7. The summed E-state index contributed by atoms with van der Waals surface area (Å²) in [5.41, 5.74) is -1.71. The molecule has 1 saturated carbocycles. The normalized spacial score (nSPS) is 23.3. The zero-order chi connectivity index (χ0) is 15.9. The lowest BCUT2D eigenvalue weighted by Gasteiger charge is -2.11. The van der Waals surface area contributed by atoms with Gasteiger partial charge in [-0.05, 0) is 6.42 Å². The molecular weight excluding hydrogens is 297 g/mol. The summed E-state index contributed by atoms with van der Waals surface area (Å²) in [4.78, 5) is 11.7. The fourth-order valence-electron chi connectivity index (χ4n) is 1.84. The van der Waals surface area contributed by atoms with E-state index in [-0.39, 0.29) is 6.42 Å². The van der Waals surface area contributed by atoms with Crippen LogP contribution in [-0.2, 0) is 4.79 Å². The standard InChI is InChI=1S/C13H6F5NO2/c1-2-5-3-13(5,4-19)12(20)21-11-9(17)7(15)6(14)8(16)10(11)18/h2,5H,1,3H2. The van der Waals surface area contributed by atoms with Gasteiger partial charge in [-0.2, -0.15) is 14.0 Å². The highest BCUT2D eigenvalue weighted by atomic mass is 19.2. The first-order valence-electron chi connectivity index (χ1n) is 5.57. The number of hydrogen-bond acceptors (Lipinski definition) is 3. The predicted octanol–water partition coefficient (Wildman–Crippen LogP) is 3.00. The van der Waals surface area contributed by atoms with E-state index in [0.717, 1.165) is 0 Å². The summed E-state index contributed by atoms with van der Waals surface area (Å²) in [6.07, 6.45) is 1.27. The van der Waals surface area contributed by atoms with Gasteiger partial charge in [-0.15, -0.1) is 6.58 Å². The van der Waals surface area contributed by atoms with Crippen LogP contribution in [-0.4, -0.2) is 5.97 Å². The third kappa shape index (κ3) is 2.05. The van der Waals surface area contributed by atoms with E-state index in [1.54, 1.807) is 6.07 Å². The van der Waals surface area contributed by atoms with Crippen LogP contribution in [0.5, 0.6) is 5.75 Å². The summed E-state index contributed by atoms with van der Waals surface area (Å²) in [5.74, 6) is -15.1. The lowest BCUT2D eigenvalue weighted by Crippen LogP contribution is -2.24. The second-order valence-electron chi connectivity index (χ2n) is 4.42. The second kappa shape index (κ2) is 4.84. The summed E-state index contributed by atoms with van der Waals surface area (Å²) >= 11 is 0. The highest BCUT2D eigenvalue weighted by Gasteiger charge is 2.61. The van der Waals surface area contributed by atoms with Crippen molar-refractivity contribution in [3.8, 4) is 11.8 Å². The van der Waals surface area contributed by atoms with Crippen molar-refractivity contribution >= 4 is 5.97 Å². The lowest BCUT2D eigenvalue weighted by atomic mass is 10.1. The maximum Gasteiger partial charge on any atom is 0.332 e. The van der Waals surface area contributed by atoms with Crippen molar-refractivity contribution in [1.82, 2.24) is 0 Å². The highest BCUT2D eigenvalue weighted by molar-refractivity contribution is 5.86. The summed E-state index contributed by atoms with van der Waals surface area (Å²) in [5, 5.41) is 8.90. The number of rotatable bonds is 3. The van der Waals surface area contributed by atoms with Crippen LogP contribution in [0, 0.1) is 51.8 Å². The van der Waals surface area contributed by atoms with Crippen LogP contribution in [0.25, 0.3) is 0 Å². The SMILES string of the molecule is C=CC1CC1(C#N)C(=O)Oc1c(F)c(F)c(F)c(F)c1F. The Morgan fingerprint density at radius 2 is 1.67 bits per heavy atom. The number of ether oxygens (including phenoxy) is 1. The molecule has 0 aliphatic heterocycles. The Kier molecular flexibility index (Phi) is 3.45. The van der Waals surface area contributed by atoms with Crippen LogP contribution >= 0.6 is 0 Å². The molecule has 1 aromatic rings. The number of nitrogens with zero attached hydrogens (tertiary/aromatic N) is 1. The van der Waals surface area contributed by atoms with Crippen LogP contribution in [0.3, 0.4) is 0 Å². The Morgan fingerprint density at radius 1 is 1.19 bits per heavy atom. The highest BCUT2D eigenvalue weighted by Crippen LogP contribution is 2.53. The summed E-state index contributed by atoms with van der Waals surface area (Å²) in [6.45, 7) is 3.35. The van der Waals surface area contributed by atoms with Crippen LogP contribution < -0.4 is 4.74 Å². The van der Waals surface area contributed by atoms with Crippen molar-refractivity contribution in [2.24, 2.45) is 11.3 Å². The van der Waals surface area contributed by atoms with Gasteiger partial charge in [0.1, 0.15) is 0 Å². The molecule has 0 aromatic heterocycles. The number of allylic oxidation sites excluding steroid dienone is 1. The summed E-state index contributed by atoms with van der Waals surface area (Å²) in [7, 11) is 0. The van der Waals surface area contributed by atoms with E-state index in [1.165, 1.54) is 6.08 Å². The zero-order valence-electron chi connectivity index (χ0n) is 10.2. The van der Waals surface area contributed by atoms with Gasteiger partial charge in [0.05, 0.1) is 6.07 Å². The molecule has 1 aliphatic carbocycles. The molecular formula is C13H6F5NO2. The maximum absolute atomic E-state index is 13.4. The fraction of sp³-hybridized carbons (Fsp3) is 0.231. The first-order chi connectivity index (χ1) is 9.80. The Labute approximate surface area is 115 Å². The van der Waals surface area contributed by atoms with Gasteiger partial charge in [0, 0.05) is 5.92 Å². The number of hydrogen-bond donors (Lipinski definition) is 0. The quantitative estimate of drug-likeness (QED) is 0.215. The molecule has 8 heteroatoms. The topological polar surface area (TPSA) is 50.1 Å². The van der Waals surface area contributed by atoms with Crippen molar-refractivity contribution in [3.63, 3.8) is 0 Å². The Morgan fingerprint density at radius 3 is 2.05 bits per heavy atom. The Hall–Kier alpha value is -2.43. The maximum atomic E-state index is 13.4. The molecule has 1 fully saturated rings. The van der Waals surface area contributed by atoms with Crippen molar-refractivity contribution in [1.29, 1.82) is 5.26 Å². The van der Waals surface area contributed by atoms with Crippen molar-refractivity contribution in [3.05, 3.63) is 41.7 Å². The monoisotopic (exact) mass is 303 g/mol. The molecule has 0 saturated heterocycles. The van der Waals surface area contributed by atoms with E-state index in [4.69, 9.17) is 5.26 Å². The van der Waals surface area contributed by atoms with E-state index in [9.17, 15) is 26.7 Å². The molecule has 1 aromatic carbocycles. The number of esters is 1. The molecule has 1 aliphatic rings. The van der Waals surface area contributed by atoms with Crippen molar-refractivity contribution in [2.75, 3.05) is 0 Å². The molecule has 110 valence electrons. The lowest BCUT2D eigenvalue weighted by molar-refractivity contribution is -0.139. The molecule has 2 atom stereocenters. The van der Waals surface area contributed by atoms with Gasteiger partial charge in [-0.1, -0.05) is 6.08 Å². The van der Waals surface area contributed by atoms with Crippen molar-refractivity contribution in [2.45, 2.75) is 6.42 Å². The number of carbonyl (C=O) groups is 1. The predicted molar refractivity (Wildman–Crippen MR) is 58.2 cm³/mol. The van der Waals surface area contributed by atoms with E-state index in [2.05, 4.69) is 11.3 Å². The van der Waals surface area contributed by atoms with Gasteiger partial charge in [-0.25, -0.2) is 18.0 Å². The van der Waals surface area contributed by atoms with Gasteiger partial charge < -0.3 is 4.74 Å². The summed E-state index contributed by atoms with van der Waals surface area (Å²) in [6, 6.07) is 1.60. The van der Waals surface area contributed by atoms with Crippen LogP contribution in [0.15, 0.2) is 12.7 Å². The average Bonchev–Trinajstić information content (AvgIpc) is 3.22. The first kappa shape index (κ1) is 15.0. The number of carbonyl (C=O) groups excluding carboxylic acids is 1. The minimum Gasteiger partial charge on any atom is -0.419 e. The Bertz CT molecular complexity index is 668. The smallest absolute Gasteiger partial charge is 0.332 e. The average molecular weight is 303 g/mol. The van der Waals surface area contributed by atoms with E-state index < -0.39 is 52.1 Å².